The smallest absolute Gasteiger partial charge is 0.0490 e. The number of para-hydroxylation sites is 1. The Morgan fingerprint density at radius 3 is 2.40 bits per heavy atom. The Bertz CT molecular complexity index is 320. The Kier molecular flexibility index (Phi) is 3.75. The maximum absolute atomic E-state index is 5.84. The topological polar surface area (TPSA) is 38.0 Å². The van der Waals surface area contributed by atoms with E-state index in [0.29, 0.717) is 12.5 Å². The minimum Gasteiger partial charge on any atom is -0.378 e. The second kappa shape index (κ2) is 4.67. The second-order valence-corrected chi connectivity index (χ2v) is 4.72. The lowest BCUT2D eigenvalue weighted by atomic mass is 9.88. The third kappa shape index (κ3) is 2.72. The van der Waals surface area contributed by atoms with Gasteiger partial charge in [0.2, 0.25) is 0 Å². The molecule has 2 nitrogen and oxygen atoms in total. The maximum Gasteiger partial charge on any atom is 0.0490 e. The van der Waals surface area contributed by atoms with Crippen LogP contribution in [0.4, 0.5) is 5.69 Å². The van der Waals surface area contributed by atoms with Gasteiger partial charge in [0, 0.05) is 17.8 Å². The lowest BCUT2D eigenvalue weighted by molar-refractivity contribution is 0.382. The Morgan fingerprint density at radius 1 is 1.33 bits per heavy atom. The molecule has 15 heavy (non-hydrogen) atoms. The summed E-state index contributed by atoms with van der Waals surface area (Å²) in [4.78, 5) is 0. The predicted molar refractivity (Wildman–Crippen MR) is 67.1 cm³/mol. The summed E-state index contributed by atoms with van der Waals surface area (Å²) in [5.74, 6) is 0.502. The summed E-state index contributed by atoms with van der Waals surface area (Å²) in [7, 11) is 0. The summed E-state index contributed by atoms with van der Waals surface area (Å²) in [5.41, 5.74) is 8.25. The van der Waals surface area contributed by atoms with Crippen molar-refractivity contribution >= 4 is 5.69 Å². The van der Waals surface area contributed by atoms with Crippen molar-refractivity contribution in [3.05, 3.63) is 29.8 Å². The zero-order valence-corrected chi connectivity index (χ0v) is 10.2. The molecule has 0 aromatic heterocycles. The van der Waals surface area contributed by atoms with Crippen molar-refractivity contribution in [3.63, 3.8) is 0 Å². The average molecular weight is 206 g/mol. The molecule has 1 rings (SSSR count). The van der Waals surface area contributed by atoms with Gasteiger partial charge in [-0.3, -0.25) is 0 Å². The summed E-state index contributed by atoms with van der Waals surface area (Å²) >= 11 is 0. The van der Waals surface area contributed by atoms with Crippen LogP contribution in [0, 0.1) is 12.8 Å². The van der Waals surface area contributed by atoms with E-state index in [1.165, 1.54) is 11.3 Å². The molecule has 1 atom stereocenters. The summed E-state index contributed by atoms with van der Waals surface area (Å²) < 4.78 is 0. The van der Waals surface area contributed by atoms with Gasteiger partial charge in [0.1, 0.15) is 0 Å². The SMILES string of the molecule is Cc1ccccc1NC(C)(CN)C(C)C. The number of rotatable bonds is 4. The molecule has 3 N–H and O–H groups in total. The molecule has 0 spiro atoms. The number of nitrogens with one attached hydrogen (secondary N) is 1. The summed E-state index contributed by atoms with van der Waals surface area (Å²) in [5, 5.41) is 3.55. The van der Waals surface area contributed by atoms with Gasteiger partial charge in [0.15, 0.2) is 0 Å². The number of hydrogen-bond acceptors (Lipinski definition) is 2. The first-order valence-electron chi connectivity index (χ1n) is 5.53. The van der Waals surface area contributed by atoms with Crippen molar-refractivity contribution in [2.75, 3.05) is 11.9 Å². The molecule has 1 aromatic carbocycles. The van der Waals surface area contributed by atoms with Crippen molar-refractivity contribution in [2.24, 2.45) is 11.7 Å². The molecular formula is C13H22N2. The molecule has 0 saturated heterocycles. The fourth-order valence-electron chi connectivity index (χ4n) is 1.45. The molecule has 0 saturated carbocycles. The van der Waals surface area contributed by atoms with Crippen LogP contribution in [0.1, 0.15) is 26.3 Å². The van der Waals surface area contributed by atoms with Crippen LogP contribution in [0.2, 0.25) is 0 Å². The molecule has 2 heteroatoms. The van der Waals surface area contributed by atoms with Gasteiger partial charge in [-0.15, -0.1) is 0 Å². The summed E-state index contributed by atoms with van der Waals surface area (Å²) in [6, 6.07) is 8.31. The molecule has 84 valence electrons. The average Bonchev–Trinajstić information content (AvgIpc) is 2.21. The van der Waals surface area contributed by atoms with Gasteiger partial charge in [0.05, 0.1) is 0 Å². The van der Waals surface area contributed by atoms with Gasteiger partial charge in [-0.25, -0.2) is 0 Å². The van der Waals surface area contributed by atoms with Gasteiger partial charge in [0.25, 0.3) is 0 Å². The Labute approximate surface area is 92.9 Å². The van der Waals surface area contributed by atoms with Crippen molar-refractivity contribution < 1.29 is 0 Å². The molecule has 0 aliphatic heterocycles. The largest absolute Gasteiger partial charge is 0.378 e. The lowest BCUT2D eigenvalue weighted by Crippen LogP contribution is -2.47. The minimum absolute atomic E-state index is 0.0356. The molecular weight excluding hydrogens is 184 g/mol. The van der Waals surface area contributed by atoms with E-state index in [1.807, 2.05) is 6.07 Å². The van der Waals surface area contributed by atoms with Gasteiger partial charge in [-0.1, -0.05) is 32.0 Å². The summed E-state index contributed by atoms with van der Waals surface area (Å²) in [6.45, 7) is 9.30. The molecule has 0 radical (unpaired) electrons. The third-order valence-corrected chi connectivity index (χ3v) is 3.26. The maximum atomic E-state index is 5.84. The minimum atomic E-state index is -0.0356. The first-order valence-corrected chi connectivity index (χ1v) is 5.53. The zero-order valence-electron chi connectivity index (χ0n) is 10.2. The number of hydrogen-bond donors (Lipinski definition) is 2. The number of nitrogens with two attached hydrogens (primary N) is 1. The zero-order chi connectivity index (χ0) is 11.5. The van der Waals surface area contributed by atoms with E-state index >= 15 is 0 Å². The van der Waals surface area contributed by atoms with Crippen LogP contribution in [0.15, 0.2) is 24.3 Å². The van der Waals surface area contributed by atoms with E-state index in [0.717, 1.165) is 0 Å². The number of anilines is 1. The highest BCUT2D eigenvalue weighted by Crippen LogP contribution is 2.23. The Morgan fingerprint density at radius 2 is 1.93 bits per heavy atom. The lowest BCUT2D eigenvalue weighted by Gasteiger charge is -2.35. The van der Waals surface area contributed by atoms with E-state index in [9.17, 15) is 0 Å². The molecule has 1 aromatic rings. The number of aryl methyl sites for hydroxylation is 1. The van der Waals surface area contributed by atoms with Crippen LogP contribution in [0.5, 0.6) is 0 Å². The molecule has 0 aliphatic carbocycles. The monoisotopic (exact) mass is 206 g/mol. The van der Waals surface area contributed by atoms with Gasteiger partial charge in [-0.2, -0.15) is 0 Å². The predicted octanol–water partition coefficient (Wildman–Crippen LogP) is 2.78. The van der Waals surface area contributed by atoms with E-state index in [-0.39, 0.29) is 5.54 Å². The van der Waals surface area contributed by atoms with E-state index in [1.54, 1.807) is 0 Å². The first kappa shape index (κ1) is 12.1. The molecule has 1 unspecified atom stereocenters. The van der Waals surface area contributed by atoms with Crippen molar-refractivity contribution in [1.82, 2.24) is 0 Å². The fourth-order valence-corrected chi connectivity index (χ4v) is 1.45. The van der Waals surface area contributed by atoms with Gasteiger partial charge < -0.3 is 11.1 Å². The highest BCUT2D eigenvalue weighted by atomic mass is 15.0. The highest BCUT2D eigenvalue weighted by molar-refractivity contribution is 5.52. The van der Waals surface area contributed by atoms with Crippen molar-refractivity contribution in [3.8, 4) is 0 Å². The van der Waals surface area contributed by atoms with E-state index < -0.39 is 0 Å². The van der Waals surface area contributed by atoms with Crippen LogP contribution in [-0.2, 0) is 0 Å². The highest BCUT2D eigenvalue weighted by Gasteiger charge is 2.26. The van der Waals surface area contributed by atoms with Crippen LogP contribution in [0.25, 0.3) is 0 Å². The number of benzene rings is 1. The standard InChI is InChI=1S/C13H22N2/c1-10(2)13(4,9-14)15-12-8-6-5-7-11(12)3/h5-8,10,15H,9,14H2,1-4H3. The Hall–Kier alpha value is -1.02. The molecule has 0 amide bonds. The molecule has 0 aliphatic rings. The summed E-state index contributed by atoms with van der Waals surface area (Å²) in [6.07, 6.45) is 0. The van der Waals surface area contributed by atoms with E-state index in [2.05, 4.69) is 51.2 Å². The molecule has 0 heterocycles. The van der Waals surface area contributed by atoms with Crippen LogP contribution in [-0.4, -0.2) is 12.1 Å². The Balaban J connectivity index is 2.89. The van der Waals surface area contributed by atoms with Crippen LogP contribution in [0.3, 0.4) is 0 Å². The quantitative estimate of drug-likeness (QED) is 0.795. The third-order valence-electron chi connectivity index (χ3n) is 3.26. The van der Waals surface area contributed by atoms with Crippen molar-refractivity contribution in [1.29, 1.82) is 0 Å². The van der Waals surface area contributed by atoms with Crippen LogP contribution < -0.4 is 11.1 Å². The second-order valence-electron chi connectivity index (χ2n) is 4.72. The first-order chi connectivity index (χ1) is 6.99. The van der Waals surface area contributed by atoms with E-state index in [4.69, 9.17) is 5.73 Å². The fraction of sp³-hybridized carbons (Fsp3) is 0.538. The normalized spacial score (nSPS) is 15.1. The van der Waals surface area contributed by atoms with Crippen molar-refractivity contribution in [2.45, 2.75) is 33.2 Å². The molecule has 0 fully saturated rings. The van der Waals surface area contributed by atoms with Crippen LogP contribution >= 0.6 is 0 Å². The molecule has 0 bridgehead atoms. The van der Waals surface area contributed by atoms with Gasteiger partial charge >= 0.3 is 0 Å². The van der Waals surface area contributed by atoms with Gasteiger partial charge in [-0.05, 0) is 31.4 Å².